The Bertz CT molecular complexity index is 313. The molecule has 82 valence electrons. The van der Waals surface area contributed by atoms with Crippen molar-refractivity contribution in [1.82, 2.24) is 5.32 Å². The van der Waals surface area contributed by atoms with Crippen LogP contribution in [0.15, 0.2) is 0 Å². The molecule has 1 fully saturated rings. The van der Waals surface area contributed by atoms with Gasteiger partial charge in [0.05, 0.1) is 17.4 Å². The van der Waals surface area contributed by atoms with Gasteiger partial charge >= 0.3 is 0 Å². The summed E-state index contributed by atoms with van der Waals surface area (Å²) in [7, 11) is -2.95. The van der Waals surface area contributed by atoms with Crippen LogP contribution in [0.25, 0.3) is 0 Å². The molecular formula is C8H14BrNO3S. The lowest BCUT2D eigenvalue weighted by Gasteiger charge is -2.10. The van der Waals surface area contributed by atoms with Crippen LogP contribution in [0, 0.1) is 5.92 Å². The Kier molecular flexibility index (Phi) is 3.94. The maximum Gasteiger partial charge on any atom is 0.224 e. The lowest BCUT2D eigenvalue weighted by Crippen LogP contribution is -2.34. The van der Waals surface area contributed by atoms with E-state index in [9.17, 15) is 13.2 Å². The highest BCUT2D eigenvalue weighted by Crippen LogP contribution is 2.18. The molecule has 1 rings (SSSR count). The number of rotatable bonds is 3. The van der Waals surface area contributed by atoms with Gasteiger partial charge in [-0.1, -0.05) is 22.9 Å². The highest BCUT2D eigenvalue weighted by atomic mass is 79.9. The number of carbonyl (C=O) groups excluding carboxylic acids is 1. The Hall–Kier alpha value is -0.100. The molecule has 0 aliphatic carbocycles. The third-order valence-corrected chi connectivity index (χ3v) is 4.25. The molecule has 1 aliphatic heterocycles. The molecule has 0 bridgehead atoms. The molecule has 1 amide bonds. The van der Waals surface area contributed by atoms with Crippen molar-refractivity contribution in [1.29, 1.82) is 0 Å². The maximum atomic E-state index is 11.4. The fourth-order valence-electron chi connectivity index (χ4n) is 1.39. The summed E-state index contributed by atoms with van der Waals surface area (Å²) in [6.07, 6.45) is 0.463. The Morgan fingerprint density at radius 3 is 2.71 bits per heavy atom. The number of sulfone groups is 1. The maximum absolute atomic E-state index is 11.4. The molecule has 1 N–H and O–H groups in total. The van der Waals surface area contributed by atoms with Crippen molar-refractivity contribution < 1.29 is 13.2 Å². The molecule has 1 saturated heterocycles. The minimum absolute atomic E-state index is 0.00942. The van der Waals surface area contributed by atoms with Crippen molar-refractivity contribution in [3.63, 3.8) is 0 Å². The van der Waals surface area contributed by atoms with Crippen LogP contribution in [0.5, 0.6) is 0 Å². The summed E-state index contributed by atoms with van der Waals surface area (Å²) in [6.45, 7) is 2.46. The number of amides is 1. The molecule has 0 aromatic heterocycles. The zero-order chi connectivity index (χ0) is 10.8. The van der Waals surface area contributed by atoms with Crippen molar-refractivity contribution in [2.24, 2.45) is 5.92 Å². The second-order valence-corrected chi connectivity index (χ2v) is 7.42. The molecule has 4 nitrogen and oxygen atoms in total. The van der Waals surface area contributed by atoms with E-state index < -0.39 is 9.84 Å². The van der Waals surface area contributed by atoms with E-state index >= 15 is 0 Å². The average molecular weight is 284 g/mol. The first kappa shape index (κ1) is 12.0. The topological polar surface area (TPSA) is 63.2 Å². The number of nitrogens with one attached hydrogen (secondary N) is 1. The normalized spacial score (nSPS) is 27.1. The first-order valence-corrected chi connectivity index (χ1v) is 7.26. The van der Waals surface area contributed by atoms with Gasteiger partial charge in [0.2, 0.25) is 5.91 Å². The van der Waals surface area contributed by atoms with Gasteiger partial charge in [0.25, 0.3) is 0 Å². The van der Waals surface area contributed by atoms with E-state index in [1.54, 1.807) is 0 Å². The quantitative estimate of drug-likeness (QED) is 0.759. The monoisotopic (exact) mass is 283 g/mol. The van der Waals surface area contributed by atoms with Crippen molar-refractivity contribution in [3.05, 3.63) is 0 Å². The lowest BCUT2D eigenvalue weighted by atomic mass is 10.1. The van der Waals surface area contributed by atoms with Gasteiger partial charge in [0, 0.05) is 11.4 Å². The van der Waals surface area contributed by atoms with Crippen molar-refractivity contribution >= 4 is 31.7 Å². The number of carbonyl (C=O) groups is 1. The predicted molar refractivity (Wildman–Crippen MR) is 58.2 cm³/mol. The summed E-state index contributed by atoms with van der Waals surface area (Å²) in [6, 6.07) is 0. The zero-order valence-corrected chi connectivity index (χ0v) is 10.4. The van der Waals surface area contributed by atoms with Crippen molar-refractivity contribution in [2.45, 2.75) is 18.2 Å². The smallest absolute Gasteiger partial charge is 0.224 e. The Morgan fingerprint density at radius 1 is 1.64 bits per heavy atom. The van der Waals surface area contributed by atoms with Gasteiger partial charge in [0.1, 0.15) is 0 Å². The van der Waals surface area contributed by atoms with Crippen molar-refractivity contribution in [2.75, 3.05) is 18.1 Å². The average Bonchev–Trinajstić information content (AvgIpc) is 2.41. The molecule has 0 aromatic carbocycles. The highest BCUT2D eigenvalue weighted by Gasteiger charge is 2.32. The van der Waals surface area contributed by atoms with E-state index in [4.69, 9.17) is 0 Å². The molecule has 1 aliphatic rings. The highest BCUT2D eigenvalue weighted by molar-refractivity contribution is 9.09. The van der Waals surface area contributed by atoms with Crippen LogP contribution in [-0.4, -0.2) is 37.2 Å². The first-order chi connectivity index (χ1) is 6.41. The molecule has 0 aromatic rings. The third kappa shape index (κ3) is 3.57. The molecular weight excluding hydrogens is 270 g/mol. The van der Waals surface area contributed by atoms with Crippen LogP contribution in [0.4, 0.5) is 0 Å². The molecule has 0 spiro atoms. The molecule has 1 heterocycles. The van der Waals surface area contributed by atoms with Crippen LogP contribution in [0.2, 0.25) is 0 Å². The number of alkyl halides is 1. The number of hydrogen-bond donors (Lipinski definition) is 1. The lowest BCUT2D eigenvalue weighted by molar-refractivity contribution is -0.124. The minimum Gasteiger partial charge on any atom is -0.355 e. The fourth-order valence-corrected chi connectivity index (χ4v) is 3.29. The van der Waals surface area contributed by atoms with E-state index in [2.05, 4.69) is 21.2 Å². The second kappa shape index (κ2) is 4.61. The van der Waals surface area contributed by atoms with Crippen LogP contribution in [0.1, 0.15) is 13.3 Å². The van der Waals surface area contributed by atoms with Gasteiger partial charge in [-0.2, -0.15) is 0 Å². The molecule has 2 unspecified atom stereocenters. The molecule has 6 heteroatoms. The Labute approximate surface area is 92.5 Å². The van der Waals surface area contributed by atoms with Crippen LogP contribution < -0.4 is 5.32 Å². The minimum atomic E-state index is -2.95. The molecule has 2 atom stereocenters. The van der Waals surface area contributed by atoms with E-state index in [-0.39, 0.29) is 28.2 Å². The summed E-state index contributed by atoms with van der Waals surface area (Å²) >= 11 is 3.30. The van der Waals surface area contributed by atoms with E-state index in [1.165, 1.54) is 0 Å². The summed E-state index contributed by atoms with van der Waals surface area (Å²) in [5, 5.41) is 2.71. The predicted octanol–water partition coefficient (Wildman–Crippen LogP) is 0.321. The number of halogens is 1. The Morgan fingerprint density at radius 2 is 2.29 bits per heavy atom. The van der Waals surface area contributed by atoms with Gasteiger partial charge in [0.15, 0.2) is 9.84 Å². The van der Waals surface area contributed by atoms with Gasteiger partial charge < -0.3 is 5.32 Å². The van der Waals surface area contributed by atoms with E-state index in [0.29, 0.717) is 13.0 Å². The van der Waals surface area contributed by atoms with Gasteiger partial charge in [-0.15, -0.1) is 0 Å². The van der Waals surface area contributed by atoms with Crippen LogP contribution >= 0.6 is 15.9 Å². The first-order valence-electron chi connectivity index (χ1n) is 4.53. The summed E-state index contributed by atoms with van der Waals surface area (Å²) in [5.74, 6) is -0.326. The SMILES string of the molecule is CC(Br)CNC(=O)C1CCS(=O)(=O)C1. The summed E-state index contributed by atoms with van der Waals surface area (Å²) in [5.41, 5.74) is 0. The standard InChI is InChI=1S/C8H14BrNO3S/c1-6(9)4-10-8(11)7-2-3-14(12,13)5-7/h6-7H,2-5H2,1H3,(H,10,11). The summed E-state index contributed by atoms with van der Waals surface area (Å²) in [4.78, 5) is 11.7. The molecule has 0 saturated carbocycles. The molecule has 0 radical (unpaired) electrons. The van der Waals surface area contributed by atoms with Crippen LogP contribution in [0.3, 0.4) is 0 Å². The van der Waals surface area contributed by atoms with E-state index in [0.717, 1.165) is 0 Å². The van der Waals surface area contributed by atoms with Crippen molar-refractivity contribution in [3.8, 4) is 0 Å². The second-order valence-electron chi connectivity index (χ2n) is 3.63. The van der Waals surface area contributed by atoms with Gasteiger partial charge in [-0.3, -0.25) is 4.79 Å². The summed E-state index contributed by atoms with van der Waals surface area (Å²) < 4.78 is 22.2. The van der Waals surface area contributed by atoms with E-state index in [1.807, 2.05) is 6.92 Å². The third-order valence-electron chi connectivity index (χ3n) is 2.16. The fraction of sp³-hybridized carbons (Fsp3) is 0.875. The Balaban J connectivity index is 2.40. The largest absolute Gasteiger partial charge is 0.355 e. The zero-order valence-electron chi connectivity index (χ0n) is 7.99. The number of hydrogen-bond acceptors (Lipinski definition) is 3. The van der Waals surface area contributed by atoms with Crippen LogP contribution in [-0.2, 0) is 14.6 Å². The van der Waals surface area contributed by atoms with Gasteiger partial charge in [-0.25, -0.2) is 8.42 Å². The van der Waals surface area contributed by atoms with Gasteiger partial charge in [-0.05, 0) is 6.42 Å². The molecule has 14 heavy (non-hydrogen) atoms.